The van der Waals surface area contributed by atoms with Gasteiger partial charge in [0.05, 0.1) is 6.61 Å². The average molecular weight is 257 g/mol. The molecular weight excluding hydrogens is 241 g/mol. The first kappa shape index (κ1) is 12.2. The second kappa shape index (κ2) is 5.02. The summed E-state index contributed by atoms with van der Waals surface area (Å²) in [7, 11) is 0. The SMILES string of the molecule is NCc1cccc(F)c1OCC1Cc2ccccc21. The fourth-order valence-corrected chi connectivity index (χ4v) is 2.57. The molecule has 2 N–H and O–H groups in total. The summed E-state index contributed by atoms with van der Waals surface area (Å²) in [6, 6.07) is 13.2. The standard InChI is InChI=1S/C16H16FNO/c17-15-7-3-5-12(9-18)16(15)19-10-13-8-11-4-1-2-6-14(11)13/h1-7,13H,8-10,18H2. The molecule has 2 aromatic carbocycles. The van der Waals surface area contributed by atoms with Gasteiger partial charge in [0.1, 0.15) is 0 Å². The van der Waals surface area contributed by atoms with Gasteiger partial charge >= 0.3 is 0 Å². The average Bonchev–Trinajstić information content (AvgIpc) is 2.41. The van der Waals surface area contributed by atoms with E-state index in [1.165, 1.54) is 17.2 Å². The van der Waals surface area contributed by atoms with Crippen LogP contribution in [0.25, 0.3) is 0 Å². The Balaban J connectivity index is 1.72. The van der Waals surface area contributed by atoms with Crippen LogP contribution in [0.5, 0.6) is 5.75 Å². The molecule has 1 unspecified atom stereocenters. The third-order valence-electron chi connectivity index (χ3n) is 3.66. The molecule has 2 aromatic rings. The Labute approximate surface area is 112 Å². The van der Waals surface area contributed by atoms with E-state index in [2.05, 4.69) is 12.1 Å². The second-order valence-electron chi connectivity index (χ2n) is 4.84. The zero-order valence-electron chi connectivity index (χ0n) is 10.6. The summed E-state index contributed by atoms with van der Waals surface area (Å²) in [5.41, 5.74) is 9.00. The van der Waals surface area contributed by atoms with Crippen LogP contribution in [0.4, 0.5) is 4.39 Å². The molecule has 0 bridgehead atoms. The molecule has 0 aliphatic heterocycles. The lowest BCUT2D eigenvalue weighted by Gasteiger charge is -2.30. The highest BCUT2D eigenvalue weighted by Crippen LogP contribution is 2.35. The van der Waals surface area contributed by atoms with Crippen molar-refractivity contribution in [3.8, 4) is 5.75 Å². The molecule has 0 spiro atoms. The number of para-hydroxylation sites is 1. The summed E-state index contributed by atoms with van der Waals surface area (Å²) in [5.74, 6) is 0.325. The van der Waals surface area contributed by atoms with Gasteiger partial charge in [0.15, 0.2) is 11.6 Å². The Morgan fingerprint density at radius 3 is 2.79 bits per heavy atom. The van der Waals surface area contributed by atoms with Gasteiger partial charge in [0.25, 0.3) is 0 Å². The first-order valence-electron chi connectivity index (χ1n) is 6.47. The van der Waals surface area contributed by atoms with Gasteiger partial charge in [0.2, 0.25) is 0 Å². The van der Waals surface area contributed by atoms with Gasteiger partial charge in [0, 0.05) is 18.0 Å². The van der Waals surface area contributed by atoms with E-state index in [9.17, 15) is 4.39 Å². The van der Waals surface area contributed by atoms with Crippen LogP contribution in [0.1, 0.15) is 22.6 Å². The summed E-state index contributed by atoms with van der Waals surface area (Å²) in [6.45, 7) is 0.791. The second-order valence-corrected chi connectivity index (χ2v) is 4.84. The minimum absolute atomic E-state index is 0.286. The molecule has 1 aliphatic rings. The molecular formula is C16H16FNO. The number of halogens is 1. The Morgan fingerprint density at radius 2 is 2.00 bits per heavy atom. The molecule has 0 saturated heterocycles. The lowest BCUT2D eigenvalue weighted by Crippen LogP contribution is -2.23. The van der Waals surface area contributed by atoms with Crippen molar-refractivity contribution in [2.24, 2.45) is 5.73 Å². The molecule has 0 radical (unpaired) electrons. The highest BCUT2D eigenvalue weighted by Gasteiger charge is 2.26. The number of hydrogen-bond donors (Lipinski definition) is 1. The van der Waals surface area contributed by atoms with Crippen molar-refractivity contribution in [3.05, 3.63) is 65.0 Å². The predicted octanol–water partition coefficient (Wildman–Crippen LogP) is 3.00. The minimum atomic E-state index is -0.337. The highest BCUT2D eigenvalue weighted by atomic mass is 19.1. The number of hydrogen-bond acceptors (Lipinski definition) is 2. The molecule has 19 heavy (non-hydrogen) atoms. The minimum Gasteiger partial charge on any atom is -0.490 e. The van der Waals surface area contributed by atoms with Crippen LogP contribution < -0.4 is 10.5 Å². The molecule has 98 valence electrons. The first-order chi connectivity index (χ1) is 9.29. The lowest BCUT2D eigenvalue weighted by atomic mass is 9.78. The quantitative estimate of drug-likeness (QED) is 0.913. The zero-order chi connectivity index (χ0) is 13.2. The van der Waals surface area contributed by atoms with E-state index in [0.29, 0.717) is 23.8 Å². The maximum absolute atomic E-state index is 13.7. The van der Waals surface area contributed by atoms with E-state index < -0.39 is 0 Å². The summed E-state index contributed by atoms with van der Waals surface area (Å²) in [5, 5.41) is 0. The van der Waals surface area contributed by atoms with Crippen molar-refractivity contribution < 1.29 is 9.13 Å². The summed E-state index contributed by atoms with van der Waals surface area (Å²) in [4.78, 5) is 0. The van der Waals surface area contributed by atoms with E-state index in [4.69, 9.17) is 10.5 Å². The summed E-state index contributed by atoms with van der Waals surface area (Å²) >= 11 is 0. The molecule has 1 aliphatic carbocycles. The molecule has 0 saturated carbocycles. The first-order valence-corrected chi connectivity index (χ1v) is 6.47. The monoisotopic (exact) mass is 257 g/mol. The number of rotatable bonds is 4. The molecule has 0 heterocycles. The van der Waals surface area contributed by atoms with E-state index in [0.717, 1.165) is 6.42 Å². The maximum atomic E-state index is 13.7. The predicted molar refractivity (Wildman–Crippen MR) is 72.7 cm³/mol. The zero-order valence-corrected chi connectivity index (χ0v) is 10.6. The fourth-order valence-electron chi connectivity index (χ4n) is 2.57. The van der Waals surface area contributed by atoms with Gasteiger partial charge in [-0.05, 0) is 23.6 Å². The van der Waals surface area contributed by atoms with Crippen LogP contribution in [-0.2, 0) is 13.0 Å². The smallest absolute Gasteiger partial charge is 0.165 e. The lowest BCUT2D eigenvalue weighted by molar-refractivity contribution is 0.261. The Bertz CT molecular complexity index is 597. The normalized spacial score (nSPS) is 16.6. The van der Waals surface area contributed by atoms with Crippen LogP contribution in [-0.4, -0.2) is 6.61 Å². The molecule has 3 rings (SSSR count). The van der Waals surface area contributed by atoms with E-state index >= 15 is 0 Å². The van der Waals surface area contributed by atoms with Crippen molar-refractivity contribution in [2.75, 3.05) is 6.61 Å². The van der Waals surface area contributed by atoms with E-state index in [-0.39, 0.29) is 12.4 Å². The van der Waals surface area contributed by atoms with Crippen molar-refractivity contribution in [3.63, 3.8) is 0 Å². The van der Waals surface area contributed by atoms with Gasteiger partial charge in [-0.15, -0.1) is 0 Å². The third kappa shape index (κ3) is 2.22. The van der Waals surface area contributed by atoms with Crippen molar-refractivity contribution >= 4 is 0 Å². The van der Waals surface area contributed by atoms with Crippen LogP contribution >= 0.6 is 0 Å². The van der Waals surface area contributed by atoms with Crippen molar-refractivity contribution in [1.82, 2.24) is 0 Å². The number of fused-ring (bicyclic) bond motifs is 1. The van der Waals surface area contributed by atoms with Crippen LogP contribution in [0.3, 0.4) is 0 Å². The summed E-state index contributed by atoms with van der Waals surface area (Å²) in [6.07, 6.45) is 1.00. The molecule has 3 heteroatoms. The fraction of sp³-hybridized carbons (Fsp3) is 0.250. The van der Waals surface area contributed by atoms with Gasteiger partial charge in [-0.2, -0.15) is 0 Å². The number of nitrogens with two attached hydrogens (primary N) is 1. The van der Waals surface area contributed by atoms with Gasteiger partial charge in [-0.3, -0.25) is 0 Å². The maximum Gasteiger partial charge on any atom is 0.165 e. The number of benzene rings is 2. The van der Waals surface area contributed by atoms with Crippen molar-refractivity contribution in [2.45, 2.75) is 18.9 Å². The van der Waals surface area contributed by atoms with Crippen LogP contribution in [0.15, 0.2) is 42.5 Å². The van der Waals surface area contributed by atoms with Crippen LogP contribution in [0, 0.1) is 5.82 Å². The highest BCUT2D eigenvalue weighted by molar-refractivity contribution is 5.40. The Hall–Kier alpha value is -1.87. The van der Waals surface area contributed by atoms with Gasteiger partial charge in [-0.25, -0.2) is 4.39 Å². The van der Waals surface area contributed by atoms with Gasteiger partial charge < -0.3 is 10.5 Å². The largest absolute Gasteiger partial charge is 0.490 e. The Kier molecular flexibility index (Phi) is 3.22. The van der Waals surface area contributed by atoms with Crippen molar-refractivity contribution in [1.29, 1.82) is 0 Å². The number of ether oxygens (including phenoxy) is 1. The van der Waals surface area contributed by atoms with E-state index in [1.807, 2.05) is 12.1 Å². The molecule has 0 aromatic heterocycles. The molecule has 0 fully saturated rings. The summed E-state index contributed by atoms with van der Waals surface area (Å²) < 4.78 is 19.4. The topological polar surface area (TPSA) is 35.2 Å². The van der Waals surface area contributed by atoms with Gasteiger partial charge in [-0.1, -0.05) is 36.4 Å². The molecule has 1 atom stereocenters. The van der Waals surface area contributed by atoms with E-state index in [1.54, 1.807) is 12.1 Å². The molecule has 0 amide bonds. The Morgan fingerprint density at radius 1 is 1.16 bits per heavy atom. The molecule has 2 nitrogen and oxygen atoms in total. The third-order valence-corrected chi connectivity index (χ3v) is 3.66. The van der Waals surface area contributed by atoms with Crippen LogP contribution in [0.2, 0.25) is 0 Å².